The molecule has 5 heteroatoms. The van der Waals surface area contributed by atoms with Gasteiger partial charge in [-0.2, -0.15) is 0 Å². The van der Waals surface area contributed by atoms with Crippen molar-refractivity contribution < 1.29 is 19.4 Å². The molecule has 126 valence electrons. The lowest BCUT2D eigenvalue weighted by Gasteiger charge is -1.97. The molecule has 0 amide bonds. The van der Waals surface area contributed by atoms with E-state index in [1.807, 2.05) is 0 Å². The number of ether oxygens (including phenoxy) is 1. The van der Waals surface area contributed by atoms with Gasteiger partial charge < -0.3 is 15.6 Å². The van der Waals surface area contributed by atoms with Crippen LogP contribution in [-0.4, -0.2) is 30.7 Å². The fourth-order valence-electron chi connectivity index (χ4n) is 1.75. The maximum Gasteiger partial charge on any atom is 0.305 e. The molecule has 0 aliphatic rings. The van der Waals surface area contributed by atoms with Gasteiger partial charge in [-0.3, -0.25) is 9.59 Å². The lowest BCUT2D eigenvalue weighted by Crippen LogP contribution is -2.00. The Morgan fingerprint density at radius 1 is 0.905 bits per heavy atom. The summed E-state index contributed by atoms with van der Waals surface area (Å²) < 4.78 is 4.37. The summed E-state index contributed by atoms with van der Waals surface area (Å²) in [5.74, 6) is -1.11. The monoisotopic (exact) mass is 303 g/mol. The number of methoxy groups -OCH3 is 1. The zero-order valence-electron chi connectivity index (χ0n) is 13.7. The molecule has 0 heterocycles. The van der Waals surface area contributed by atoms with Crippen molar-refractivity contribution in [2.75, 3.05) is 13.7 Å². The van der Waals surface area contributed by atoms with Gasteiger partial charge in [-0.1, -0.05) is 45.4 Å². The number of aliphatic carboxylic acids is 1. The summed E-state index contributed by atoms with van der Waals surface area (Å²) in [5, 5.41) is 8.22. The van der Waals surface area contributed by atoms with Crippen LogP contribution in [0.15, 0.2) is 0 Å². The van der Waals surface area contributed by atoms with Crippen LogP contribution in [0.4, 0.5) is 0 Å². The standard InChI is InChI=1S/C9H21N.C7H12O4/c1-2-3-4-5-6-7-8-9-10;1-11-7(10)5-3-2-4-6(8)9/h2-10H2,1H3;2-5H2,1H3,(H,8,9). The number of carbonyl (C=O) groups is 2. The van der Waals surface area contributed by atoms with Crippen molar-refractivity contribution in [3.05, 3.63) is 0 Å². The SMILES string of the molecule is CCCCCCCCCN.COC(=O)CCCCC(=O)O. The summed E-state index contributed by atoms with van der Waals surface area (Å²) in [6.45, 7) is 3.12. The number of nitrogens with two attached hydrogens (primary N) is 1. The summed E-state index contributed by atoms with van der Waals surface area (Å²) in [6.07, 6.45) is 11.1. The Morgan fingerprint density at radius 2 is 1.43 bits per heavy atom. The average Bonchev–Trinajstić information content (AvgIpc) is 2.47. The van der Waals surface area contributed by atoms with Gasteiger partial charge in [-0.15, -0.1) is 0 Å². The van der Waals surface area contributed by atoms with E-state index in [4.69, 9.17) is 10.8 Å². The van der Waals surface area contributed by atoms with Crippen LogP contribution in [-0.2, 0) is 14.3 Å². The number of carboxylic acids is 1. The first-order chi connectivity index (χ1) is 10.1. The van der Waals surface area contributed by atoms with Crippen molar-refractivity contribution in [2.45, 2.75) is 77.6 Å². The van der Waals surface area contributed by atoms with Crippen molar-refractivity contribution in [3.8, 4) is 0 Å². The van der Waals surface area contributed by atoms with Crippen molar-refractivity contribution >= 4 is 11.9 Å². The van der Waals surface area contributed by atoms with E-state index in [2.05, 4.69) is 11.7 Å². The molecule has 5 nitrogen and oxygen atoms in total. The van der Waals surface area contributed by atoms with Gasteiger partial charge in [0.05, 0.1) is 7.11 Å². The molecule has 0 saturated heterocycles. The molecule has 0 radical (unpaired) electrons. The predicted octanol–water partition coefficient (Wildman–Crippen LogP) is 3.50. The average molecular weight is 303 g/mol. The van der Waals surface area contributed by atoms with Crippen LogP contribution in [0.1, 0.15) is 77.6 Å². The van der Waals surface area contributed by atoms with Crippen LogP contribution in [0.2, 0.25) is 0 Å². The van der Waals surface area contributed by atoms with Gasteiger partial charge >= 0.3 is 11.9 Å². The number of esters is 1. The molecule has 0 spiro atoms. The van der Waals surface area contributed by atoms with Crippen LogP contribution in [0.25, 0.3) is 0 Å². The largest absolute Gasteiger partial charge is 0.481 e. The quantitative estimate of drug-likeness (QED) is 0.425. The molecule has 0 aliphatic carbocycles. The lowest BCUT2D eigenvalue weighted by molar-refractivity contribution is -0.141. The molecule has 0 atom stereocenters. The maximum atomic E-state index is 10.5. The van der Waals surface area contributed by atoms with E-state index in [9.17, 15) is 9.59 Å². The Kier molecular flexibility index (Phi) is 20.0. The Bertz CT molecular complexity index is 236. The summed E-state index contributed by atoms with van der Waals surface area (Å²) >= 11 is 0. The first kappa shape index (κ1) is 22.2. The van der Waals surface area contributed by atoms with Crippen LogP contribution in [0, 0.1) is 0 Å². The smallest absolute Gasteiger partial charge is 0.305 e. The van der Waals surface area contributed by atoms with Crippen LogP contribution < -0.4 is 5.73 Å². The highest BCUT2D eigenvalue weighted by atomic mass is 16.5. The van der Waals surface area contributed by atoms with Crippen LogP contribution in [0.3, 0.4) is 0 Å². The number of hydrogen-bond donors (Lipinski definition) is 2. The van der Waals surface area contributed by atoms with Crippen molar-refractivity contribution in [1.29, 1.82) is 0 Å². The van der Waals surface area contributed by atoms with E-state index in [1.54, 1.807) is 0 Å². The van der Waals surface area contributed by atoms with E-state index in [0.717, 1.165) is 6.54 Å². The number of hydrogen-bond acceptors (Lipinski definition) is 4. The predicted molar refractivity (Wildman–Crippen MR) is 85.2 cm³/mol. The zero-order chi connectivity index (χ0) is 16.3. The Hall–Kier alpha value is -1.10. The van der Waals surface area contributed by atoms with Gasteiger partial charge in [0.1, 0.15) is 0 Å². The highest BCUT2D eigenvalue weighted by Gasteiger charge is 2.01. The van der Waals surface area contributed by atoms with Gasteiger partial charge in [0.25, 0.3) is 0 Å². The number of carboxylic acid groups (broad SMARTS) is 1. The van der Waals surface area contributed by atoms with Crippen molar-refractivity contribution in [2.24, 2.45) is 5.73 Å². The second-order valence-corrected chi connectivity index (χ2v) is 5.09. The minimum atomic E-state index is -0.824. The second-order valence-electron chi connectivity index (χ2n) is 5.09. The van der Waals surface area contributed by atoms with E-state index >= 15 is 0 Å². The zero-order valence-corrected chi connectivity index (χ0v) is 13.7. The third-order valence-corrected chi connectivity index (χ3v) is 3.06. The summed E-state index contributed by atoms with van der Waals surface area (Å²) in [4.78, 5) is 20.5. The van der Waals surface area contributed by atoms with Crippen molar-refractivity contribution in [3.63, 3.8) is 0 Å². The van der Waals surface area contributed by atoms with Gasteiger partial charge in [0, 0.05) is 12.8 Å². The van der Waals surface area contributed by atoms with E-state index in [0.29, 0.717) is 19.3 Å². The first-order valence-corrected chi connectivity index (χ1v) is 8.07. The highest BCUT2D eigenvalue weighted by molar-refractivity contribution is 5.69. The third-order valence-electron chi connectivity index (χ3n) is 3.06. The first-order valence-electron chi connectivity index (χ1n) is 8.07. The second kappa shape index (κ2) is 18.9. The van der Waals surface area contributed by atoms with Crippen LogP contribution in [0.5, 0.6) is 0 Å². The van der Waals surface area contributed by atoms with E-state index in [1.165, 1.54) is 52.1 Å². The molecule has 0 aliphatic heterocycles. The van der Waals surface area contributed by atoms with Crippen LogP contribution >= 0.6 is 0 Å². The van der Waals surface area contributed by atoms with E-state index < -0.39 is 5.97 Å². The fourth-order valence-corrected chi connectivity index (χ4v) is 1.75. The Morgan fingerprint density at radius 3 is 1.90 bits per heavy atom. The number of unbranched alkanes of at least 4 members (excludes halogenated alkanes) is 7. The molecule has 0 bridgehead atoms. The van der Waals surface area contributed by atoms with Gasteiger partial charge in [-0.05, 0) is 25.8 Å². The Labute approximate surface area is 129 Å². The van der Waals surface area contributed by atoms with Gasteiger partial charge in [0.15, 0.2) is 0 Å². The molecule has 0 aromatic heterocycles. The minimum absolute atomic E-state index is 0.122. The molecule has 0 aromatic carbocycles. The minimum Gasteiger partial charge on any atom is -0.481 e. The normalized spacial score (nSPS) is 9.67. The third kappa shape index (κ3) is 24.3. The lowest BCUT2D eigenvalue weighted by atomic mass is 10.1. The molecule has 0 rings (SSSR count). The molecule has 0 unspecified atom stereocenters. The summed E-state index contributed by atoms with van der Waals surface area (Å²) in [6, 6.07) is 0. The molecule has 0 aromatic rings. The van der Waals surface area contributed by atoms with Crippen molar-refractivity contribution in [1.82, 2.24) is 0 Å². The summed E-state index contributed by atoms with van der Waals surface area (Å²) in [7, 11) is 1.32. The molecule has 21 heavy (non-hydrogen) atoms. The van der Waals surface area contributed by atoms with E-state index in [-0.39, 0.29) is 12.4 Å². The summed E-state index contributed by atoms with van der Waals surface area (Å²) in [5.41, 5.74) is 5.37. The molecular formula is C16H33NO4. The maximum absolute atomic E-state index is 10.5. The van der Waals surface area contributed by atoms with Gasteiger partial charge in [-0.25, -0.2) is 0 Å². The highest BCUT2D eigenvalue weighted by Crippen LogP contribution is 2.05. The molecular weight excluding hydrogens is 270 g/mol. The van der Waals surface area contributed by atoms with Gasteiger partial charge in [0.2, 0.25) is 0 Å². The number of rotatable bonds is 12. The topological polar surface area (TPSA) is 89.6 Å². The molecule has 3 N–H and O–H groups in total. The molecule has 0 fully saturated rings. The fraction of sp³-hybridized carbons (Fsp3) is 0.875. The number of carbonyl (C=O) groups excluding carboxylic acids is 1. The molecule has 0 saturated carbocycles. The Balaban J connectivity index is 0.